The van der Waals surface area contributed by atoms with Gasteiger partial charge in [-0.1, -0.05) is 6.07 Å². The number of carbonyl (C=O) groups is 1. The van der Waals surface area contributed by atoms with Crippen molar-refractivity contribution in [2.75, 3.05) is 23.9 Å². The Labute approximate surface area is 137 Å². The van der Waals surface area contributed by atoms with Crippen molar-refractivity contribution in [3.63, 3.8) is 0 Å². The van der Waals surface area contributed by atoms with Crippen molar-refractivity contribution < 1.29 is 4.79 Å². The van der Waals surface area contributed by atoms with Crippen LogP contribution < -0.4 is 5.32 Å². The minimum Gasteiger partial charge on any atom is -0.308 e. The molecule has 1 fully saturated rings. The molecule has 3 rings (SSSR count). The van der Waals surface area contributed by atoms with Gasteiger partial charge in [-0.2, -0.15) is 0 Å². The first-order valence-electron chi connectivity index (χ1n) is 6.64. The largest absolute Gasteiger partial charge is 0.323 e. The first kappa shape index (κ1) is 14.8. The van der Waals surface area contributed by atoms with Gasteiger partial charge in [0.15, 0.2) is 0 Å². The average Bonchev–Trinajstić information content (AvgIpc) is 3.18. The standard InChI is InChI=1S/C15H16N2OS3/c1-19-12-6-4-11(5-7-12)16-15(18)17-8-10-21-14(17)13-3-2-9-20-13/h2-7,9,14H,8,10H2,1H3,(H,16,18). The average molecular weight is 337 g/mol. The van der Waals surface area contributed by atoms with E-state index >= 15 is 0 Å². The minimum atomic E-state index is -0.0182. The third-order valence-electron chi connectivity index (χ3n) is 3.28. The van der Waals surface area contributed by atoms with Crippen LogP contribution >= 0.6 is 34.9 Å². The molecule has 0 saturated carbocycles. The lowest BCUT2D eigenvalue weighted by Gasteiger charge is -2.23. The number of nitrogens with zero attached hydrogens (tertiary/aromatic N) is 1. The van der Waals surface area contributed by atoms with Gasteiger partial charge in [-0.3, -0.25) is 0 Å². The second kappa shape index (κ2) is 6.77. The van der Waals surface area contributed by atoms with Gasteiger partial charge in [0.25, 0.3) is 0 Å². The van der Waals surface area contributed by atoms with Crippen molar-refractivity contribution >= 4 is 46.6 Å². The van der Waals surface area contributed by atoms with Crippen molar-refractivity contribution in [3.8, 4) is 0 Å². The van der Waals surface area contributed by atoms with E-state index < -0.39 is 0 Å². The molecule has 0 radical (unpaired) electrons. The molecule has 3 nitrogen and oxygen atoms in total. The molecule has 2 amide bonds. The predicted octanol–water partition coefficient (Wildman–Crippen LogP) is 4.75. The molecule has 21 heavy (non-hydrogen) atoms. The molecule has 1 aromatic carbocycles. The molecule has 1 N–H and O–H groups in total. The molecule has 1 unspecified atom stereocenters. The number of thioether (sulfide) groups is 2. The molecule has 6 heteroatoms. The molecule has 1 aliphatic heterocycles. The van der Waals surface area contributed by atoms with E-state index in [1.54, 1.807) is 23.1 Å². The topological polar surface area (TPSA) is 32.3 Å². The Balaban J connectivity index is 1.69. The number of amides is 2. The summed E-state index contributed by atoms with van der Waals surface area (Å²) < 4.78 is 0. The van der Waals surface area contributed by atoms with Crippen molar-refractivity contribution in [2.45, 2.75) is 10.3 Å². The van der Waals surface area contributed by atoms with Crippen LogP contribution in [0.5, 0.6) is 0 Å². The van der Waals surface area contributed by atoms with Crippen LogP contribution in [0, 0.1) is 0 Å². The summed E-state index contributed by atoms with van der Waals surface area (Å²) in [6.07, 6.45) is 2.04. The molecule has 1 atom stereocenters. The van der Waals surface area contributed by atoms with Gasteiger partial charge in [0.2, 0.25) is 0 Å². The zero-order valence-corrected chi connectivity index (χ0v) is 14.1. The van der Waals surface area contributed by atoms with Crippen LogP contribution in [-0.2, 0) is 0 Å². The van der Waals surface area contributed by atoms with Gasteiger partial charge in [0, 0.05) is 27.8 Å². The predicted molar refractivity (Wildman–Crippen MR) is 93.5 cm³/mol. The highest BCUT2D eigenvalue weighted by atomic mass is 32.2. The van der Waals surface area contributed by atoms with Crippen LogP contribution in [0.3, 0.4) is 0 Å². The number of urea groups is 1. The number of carbonyl (C=O) groups excluding carboxylic acids is 1. The monoisotopic (exact) mass is 336 g/mol. The van der Waals surface area contributed by atoms with E-state index in [1.807, 2.05) is 53.2 Å². The highest BCUT2D eigenvalue weighted by Gasteiger charge is 2.31. The van der Waals surface area contributed by atoms with E-state index in [2.05, 4.69) is 16.8 Å². The molecule has 1 aromatic heterocycles. The fourth-order valence-electron chi connectivity index (χ4n) is 2.22. The van der Waals surface area contributed by atoms with Crippen molar-refractivity contribution in [1.82, 2.24) is 4.90 Å². The van der Waals surface area contributed by atoms with Gasteiger partial charge in [0.05, 0.1) is 0 Å². The van der Waals surface area contributed by atoms with Crippen molar-refractivity contribution in [2.24, 2.45) is 0 Å². The number of anilines is 1. The molecule has 0 spiro atoms. The third kappa shape index (κ3) is 3.39. The van der Waals surface area contributed by atoms with E-state index in [1.165, 1.54) is 9.77 Å². The van der Waals surface area contributed by atoms with Crippen molar-refractivity contribution in [1.29, 1.82) is 0 Å². The molecular weight excluding hydrogens is 320 g/mol. The van der Waals surface area contributed by atoms with E-state index in [4.69, 9.17) is 0 Å². The molecule has 1 aliphatic rings. The van der Waals surface area contributed by atoms with E-state index in [0.717, 1.165) is 18.0 Å². The van der Waals surface area contributed by atoms with Crippen LogP contribution in [0.1, 0.15) is 10.3 Å². The zero-order valence-electron chi connectivity index (χ0n) is 11.6. The third-order valence-corrected chi connectivity index (χ3v) is 6.34. The number of thiophene rings is 1. The summed E-state index contributed by atoms with van der Waals surface area (Å²) in [5, 5.41) is 5.21. The Bertz CT molecular complexity index is 598. The lowest BCUT2D eigenvalue weighted by Crippen LogP contribution is -2.34. The number of nitrogens with one attached hydrogen (secondary N) is 1. The maximum Gasteiger partial charge on any atom is 0.323 e. The van der Waals surface area contributed by atoms with Gasteiger partial charge < -0.3 is 10.2 Å². The summed E-state index contributed by atoms with van der Waals surface area (Å²) in [6.45, 7) is 0.794. The molecular formula is C15H16N2OS3. The summed E-state index contributed by atoms with van der Waals surface area (Å²) in [5.74, 6) is 0.987. The molecule has 110 valence electrons. The van der Waals surface area contributed by atoms with Crippen LogP contribution in [0.25, 0.3) is 0 Å². The maximum atomic E-state index is 12.5. The van der Waals surface area contributed by atoms with Crippen LogP contribution in [0.2, 0.25) is 0 Å². The Morgan fingerprint density at radius 2 is 2.14 bits per heavy atom. The summed E-state index contributed by atoms with van der Waals surface area (Å²) in [7, 11) is 0. The molecule has 2 aromatic rings. The lowest BCUT2D eigenvalue weighted by molar-refractivity contribution is 0.215. The second-order valence-electron chi connectivity index (χ2n) is 4.59. The summed E-state index contributed by atoms with van der Waals surface area (Å²) in [4.78, 5) is 16.8. The minimum absolute atomic E-state index is 0.0182. The lowest BCUT2D eigenvalue weighted by atomic mass is 10.3. The second-order valence-corrected chi connectivity index (χ2v) is 7.64. The molecule has 0 bridgehead atoms. The van der Waals surface area contributed by atoms with Crippen LogP contribution in [0.4, 0.5) is 10.5 Å². The fraction of sp³-hybridized carbons (Fsp3) is 0.267. The smallest absolute Gasteiger partial charge is 0.308 e. The number of benzene rings is 1. The van der Waals surface area contributed by atoms with Gasteiger partial charge in [-0.05, 0) is 42.0 Å². The Hall–Kier alpha value is -1.11. The SMILES string of the molecule is CSc1ccc(NC(=O)N2CCSC2c2cccs2)cc1. The van der Waals surface area contributed by atoms with Crippen LogP contribution in [-0.4, -0.2) is 29.5 Å². The van der Waals surface area contributed by atoms with E-state index in [9.17, 15) is 4.79 Å². The first-order valence-corrected chi connectivity index (χ1v) is 9.80. The van der Waals surface area contributed by atoms with Gasteiger partial charge in [0.1, 0.15) is 5.37 Å². The van der Waals surface area contributed by atoms with Gasteiger partial charge in [-0.25, -0.2) is 4.79 Å². The normalized spacial score (nSPS) is 18.0. The highest BCUT2D eigenvalue weighted by Crippen LogP contribution is 2.40. The Morgan fingerprint density at radius 3 is 2.81 bits per heavy atom. The summed E-state index contributed by atoms with van der Waals surface area (Å²) >= 11 is 5.23. The van der Waals surface area contributed by atoms with Crippen LogP contribution in [0.15, 0.2) is 46.7 Å². The zero-order chi connectivity index (χ0) is 14.7. The fourth-order valence-corrected chi connectivity index (χ4v) is 4.86. The number of hydrogen-bond acceptors (Lipinski definition) is 4. The summed E-state index contributed by atoms with van der Waals surface area (Å²) in [6, 6.07) is 12.1. The number of hydrogen-bond donors (Lipinski definition) is 1. The van der Waals surface area contributed by atoms with Crippen molar-refractivity contribution in [3.05, 3.63) is 46.7 Å². The molecule has 1 saturated heterocycles. The van der Waals surface area contributed by atoms with E-state index in [-0.39, 0.29) is 11.4 Å². The number of rotatable bonds is 3. The van der Waals surface area contributed by atoms with Gasteiger partial charge >= 0.3 is 6.03 Å². The Kier molecular flexibility index (Phi) is 4.77. The highest BCUT2D eigenvalue weighted by molar-refractivity contribution is 7.99. The quantitative estimate of drug-likeness (QED) is 0.821. The maximum absolute atomic E-state index is 12.5. The molecule has 2 heterocycles. The molecule has 0 aliphatic carbocycles. The van der Waals surface area contributed by atoms with E-state index in [0.29, 0.717) is 0 Å². The summed E-state index contributed by atoms with van der Waals surface area (Å²) in [5.41, 5.74) is 0.847. The Morgan fingerprint density at radius 1 is 1.33 bits per heavy atom. The first-order chi connectivity index (χ1) is 10.3. The van der Waals surface area contributed by atoms with Gasteiger partial charge in [-0.15, -0.1) is 34.9 Å².